The van der Waals surface area contributed by atoms with Crippen LogP contribution in [0.3, 0.4) is 0 Å². The highest BCUT2D eigenvalue weighted by molar-refractivity contribution is 4.91. The molecule has 2 heteroatoms. The summed E-state index contributed by atoms with van der Waals surface area (Å²) >= 11 is 0. The summed E-state index contributed by atoms with van der Waals surface area (Å²) in [5, 5.41) is 10.1. The smallest absolute Gasteiger partial charge is 0.0665 e. The zero-order valence-electron chi connectivity index (χ0n) is 8.21. The third-order valence-corrected chi connectivity index (χ3v) is 3.05. The standard InChI is InChI=1S/C10H21NO/c1-3-8(2)6-10(12)5-4-9(11)7-10/h8-9,12H,3-7,11H2,1-2H3. The number of hydrogen-bond donors (Lipinski definition) is 2. The van der Waals surface area contributed by atoms with Gasteiger partial charge in [0, 0.05) is 6.04 Å². The molecule has 2 nitrogen and oxygen atoms in total. The topological polar surface area (TPSA) is 46.2 Å². The summed E-state index contributed by atoms with van der Waals surface area (Å²) in [4.78, 5) is 0. The average molecular weight is 171 g/mol. The van der Waals surface area contributed by atoms with Crippen LogP contribution in [0.4, 0.5) is 0 Å². The fourth-order valence-corrected chi connectivity index (χ4v) is 2.12. The Kier molecular flexibility index (Phi) is 3.13. The second-order valence-corrected chi connectivity index (χ2v) is 4.44. The lowest BCUT2D eigenvalue weighted by Gasteiger charge is -2.25. The lowest BCUT2D eigenvalue weighted by Crippen LogP contribution is -2.29. The highest BCUT2D eigenvalue weighted by atomic mass is 16.3. The lowest BCUT2D eigenvalue weighted by atomic mass is 9.88. The molecule has 0 aliphatic heterocycles. The van der Waals surface area contributed by atoms with Crippen LogP contribution in [0.1, 0.15) is 46.0 Å². The molecule has 0 bridgehead atoms. The van der Waals surface area contributed by atoms with E-state index in [9.17, 15) is 5.11 Å². The molecular formula is C10H21NO. The van der Waals surface area contributed by atoms with Crippen LogP contribution >= 0.6 is 0 Å². The number of aliphatic hydroxyl groups is 1. The van der Waals surface area contributed by atoms with Crippen molar-refractivity contribution in [1.82, 2.24) is 0 Å². The van der Waals surface area contributed by atoms with Crippen molar-refractivity contribution in [1.29, 1.82) is 0 Å². The largest absolute Gasteiger partial charge is 0.390 e. The van der Waals surface area contributed by atoms with Gasteiger partial charge in [0.1, 0.15) is 0 Å². The van der Waals surface area contributed by atoms with Crippen molar-refractivity contribution in [3.8, 4) is 0 Å². The zero-order valence-corrected chi connectivity index (χ0v) is 8.21. The third kappa shape index (κ3) is 2.46. The van der Waals surface area contributed by atoms with Crippen molar-refractivity contribution in [3.05, 3.63) is 0 Å². The number of nitrogens with two attached hydrogens (primary N) is 1. The molecular weight excluding hydrogens is 150 g/mol. The Morgan fingerprint density at radius 2 is 2.33 bits per heavy atom. The summed E-state index contributed by atoms with van der Waals surface area (Å²) in [7, 11) is 0. The quantitative estimate of drug-likeness (QED) is 0.678. The minimum absolute atomic E-state index is 0.235. The van der Waals surface area contributed by atoms with Crippen LogP contribution in [0, 0.1) is 5.92 Å². The molecule has 0 amide bonds. The van der Waals surface area contributed by atoms with Crippen molar-refractivity contribution < 1.29 is 5.11 Å². The average Bonchev–Trinajstić information content (AvgIpc) is 2.30. The van der Waals surface area contributed by atoms with E-state index in [4.69, 9.17) is 5.73 Å². The maximum Gasteiger partial charge on any atom is 0.0665 e. The molecule has 3 N–H and O–H groups in total. The first-order valence-electron chi connectivity index (χ1n) is 5.04. The molecule has 0 spiro atoms. The van der Waals surface area contributed by atoms with Gasteiger partial charge in [-0.1, -0.05) is 20.3 Å². The molecule has 3 atom stereocenters. The molecule has 0 aromatic rings. The fraction of sp³-hybridized carbons (Fsp3) is 1.00. The monoisotopic (exact) mass is 171 g/mol. The van der Waals surface area contributed by atoms with Gasteiger partial charge < -0.3 is 10.8 Å². The van der Waals surface area contributed by atoms with Crippen LogP contribution in [0.25, 0.3) is 0 Å². The molecule has 0 aromatic carbocycles. The van der Waals surface area contributed by atoms with Crippen LogP contribution in [0.15, 0.2) is 0 Å². The molecule has 0 aromatic heterocycles. The summed E-state index contributed by atoms with van der Waals surface area (Å²) in [6.07, 6.45) is 4.78. The van der Waals surface area contributed by atoms with Crippen molar-refractivity contribution in [2.75, 3.05) is 0 Å². The normalized spacial score (nSPS) is 38.5. The molecule has 1 saturated carbocycles. The summed E-state index contributed by atoms with van der Waals surface area (Å²) in [5.74, 6) is 0.625. The Morgan fingerprint density at radius 3 is 2.75 bits per heavy atom. The molecule has 12 heavy (non-hydrogen) atoms. The third-order valence-electron chi connectivity index (χ3n) is 3.05. The lowest BCUT2D eigenvalue weighted by molar-refractivity contribution is 0.0228. The van der Waals surface area contributed by atoms with Gasteiger partial charge in [0.15, 0.2) is 0 Å². The van der Waals surface area contributed by atoms with Gasteiger partial charge in [-0.2, -0.15) is 0 Å². The van der Waals surface area contributed by atoms with Gasteiger partial charge in [-0.3, -0.25) is 0 Å². The Labute approximate surface area is 75.2 Å². The highest BCUT2D eigenvalue weighted by Crippen LogP contribution is 2.34. The van der Waals surface area contributed by atoms with E-state index in [1.54, 1.807) is 0 Å². The van der Waals surface area contributed by atoms with E-state index >= 15 is 0 Å². The summed E-state index contributed by atoms with van der Waals surface area (Å²) in [6.45, 7) is 4.37. The SMILES string of the molecule is CCC(C)CC1(O)CCC(N)C1. The van der Waals surface area contributed by atoms with Crippen molar-refractivity contribution in [2.24, 2.45) is 11.7 Å². The molecule has 0 saturated heterocycles. The second-order valence-electron chi connectivity index (χ2n) is 4.44. The van der Waals surface area contributed by atoms with E-state index < -0.39 is 5.60 Å². The first-order chi connectivity index (χ1) is 5.56. The molecule has 1 fully saturated rings. The van der Waals surface area contributed by atoms with Gasteiger partial charge in [0.2, 0.25) is 0 Å². The Bertz CT molecular complexity index is 149. The summed E-state index contributed by atoms with van der Waals surface area (Å²) < 4.78 is 0. The van der Waals surface area contributed by atoms with Crippen LogP contribution in [0.2, 0.25) is 0 Å². The molecule has 1 rings (SSSR count). The molecule has 1 aliphatic rings. The zero-order chi connectivity index (χ0) is 9.19. The number of rotatable bonds is 3. The molecule has 0 heterocycles. The van der Waals surface area contributed by atoms with Gasteiger partial charge in [-0.25, -0.2) is 0 Å². The second kappa shape index (κ2) is 3.75. The van der Waals surface area contributed by atoms with Crippen molar-refractivity contribution in [3.63, 3.8) is 0 Å². The van der Waals surface area contributed by atoms with Crippen LogP contribution in [-0.4, -0.2) is 16.7 Å². The minimum Gasteiger partial charge on any atom is -0.390 e. The van der Waals surface area contributed by atoms with Gasteiger partial charge in [-0.05, 0) is 31.6 Å². The predicted octanol–water partition coefficient (Wildman–Crippen LogP) is 1.66. The van der Waals surface area contributed by atoms with Gasteiger partial charge in [0.05, 0.1) is 5.60 Å². The van der Waals surface area contributed by atoms with Crippen molar-refractivity contribution in [2.45, 2.75) is 57.6 Å². The van der Waals surface area contributed by atoms with Crippen molar-refractivity contribution >= 4 is 0 Å². The van der Waals surface area contributed by atoms with E-state index in [2.05, 4.69) is 13.8 Å². The van der Waals surface area contributed by atoms with Gasteiger partial charge in [0.25, 0.3) is 0 Å². The maximum absolute atomic E-state index is 10.1. The maximum atomic E-state index is 10.1. The van der Waals surface area contributed by atoms with Gasteiger partial charge >= 0.3 is 0 Å². The van der Waals surface area contributed by atoms with Crippen LogP contribution < -0.4 is 5.73 Å². The highest BCUT2D eigenvalue weighted by Gasteiger charge is 2.36. The van der Waals surface area contributed by atoms with Crippen LogP contribution in [-0.2, 0) is 0 Å². The summed E-state index contributed by atoms with van der Waals surface area (Å²) in [5.41, 5.74) is 5.33. The minimum atomic E-state index is -0.436. The predicted molar refractivity (Wildman–Crippen MR) is 50.8 cm³/mol. The molecule has 0 radical (unpaired) electrons. The Hall–Kier alpha value is -0.0800. The van der Waals surface area contributed by atoms with E-state index in [0.717, 1.165) is 32.1 Å². The van der Waals surface area contributed by atoms with E-state index in [1.165, 1.54) is 0 Å². The number of hydrogen-bond acceptors (Lipinski definition) is 2. The summed E-state index contributed by atoms with van der Waals surface area (Å²) in [6, 6.07) is 0.235. The first kappa shape index (κ1) is 10.0. The molecule has 3 unspecified atom stereocenters. The first-order valence-corrected chi connectivity index (χ1v) is 5.04. The molecule has 72 valence electrons. The van der Waals surface area contributed by atoms with E-state index in [0.29, 0.717) is 5.92 Å². The fourth-order valence-electron chi connectivity index (χ4n) is 2.12. The van der Waals surface area contributed by atoms with Gasteiger partial charge in [-0.15, -0.1) is 0 Å². The van der Waals surface area contributed by atoms with E-state index in [-0.39, 0.29) is 6.04 Å². The molecule has 1 aliphatic carbocycles. The van der Waals surface area contributed by atoms with E-state index in [1.807, 2.05) is 0 Å². The van der Waals surface area contributed by atoms with Crippen LogP contribution in [0.5, 0.6) is 0 Å². The Balaban J connectivity index is 2.39. The Morgan fingerprint density at radius 1 is 1.67 bits per heavy atom.